The molecule has 0 N–H and O–H groups in total. The van der Waals surface area contributed by atoms with Gasteiger partial charge in [0.2, 0.25) is 0 Å². The van der Waals surface area contributed by atoms with Crippen LogP contribution in [0.3, 0.4) is 0 Å². The molecule has 1 aliphatic rings. The first-order valence-electron chi connectivity index (χ1n) is 7.79. The first kappa shape index (κ1) is 15.7. The number of fused-ring (bicyclic) bond motifs is 1. The van der Waals surface area contributed by atoms with Crippen molar-refractivity contribution in [1.29, 1.82) is 0 Å². The third kappa shape index (κ3) is 2.85. The zero-order valence-corrected chi connectivity index (χ0v) is 14.7. The Morgan fingerprint density at radius 1 is 1.16 bits per heavy atom. The summed E-state index contributed by atoms with van der Waals surface area (Å²) in [4.78, 5) is 18.2. The molecule has 1 aromatic heterocycles. The van der Waals surface area contributed by atoms with Crippen LogP contribution in [-0.4, -0.2) is 31.7 Å². The summed E-state index contributed by atoms with van der Waals surface area (Å²) in [5, 5.41) is 2.96. The van der Waals surface area contributed by atoms with Gasteiger partial charge in [0.1, 0.15) is 16.5 Å². The summed E-state index contributed by atoms with van der Waals surface area (Å²) >= 11 is 1.59. The van der Waals surface area contributed by atoms with Gasteiger partial charge in [-0.3, -0.25) is 4.79 Å². The topological polar surface area (TPSA) is 51.7 Å². The van der Waals surface area contributed by atoms with Gasteiger partial charge in [-0.25, -0.2) is 4.98 Å². The molecule has 2 aromatic carbocycles. The van der Waals surface area contributed by atoms with Crippen LogP contribution < -0.4 is 14.4 Å². The normalized spacial score (nSPS) is 13.4. The molecule has 0 spiro atoms. The molecule has 0 unspecified atom stereocenters. The van der Waals surface area contributed by atoms with Gasteiger partial charge in [-0.1, -0.05) is 0 Å². The second-order valence-electron chi connectivity index (χ2n) is 5.69. The molecule has 3 aromatic rings. The van der Waals surface area contributed by atoms with Crippen LogP contribution in [0.1, 0.15) is 0 Å². The van der Waals surface area contributed by atoms with Crippen molar-refractivity contribution in [1.82, 2.24) is 4.98 Å². The molecule has 0 radical (unpaired) electrons. The lowest BCUT2D eigenvalue weighted by molar-refractivity contribution is -0.120. The molecule has 25 heavy (non-hydrogen) atoms. The lowest BCUT2D eigenvalue weighted by Gasteiger charge is -2.26. The summed E-state index contributed by atoms with van der Waals surface area (Å²) in [7, 11) is 3.41. The average molecular weight is 352 g/mol. The van der Waals surface area contributed by atoms with Gasteiger partial charge in [-0.05, 0) is 42.5 Å². The zero-order chi connectivity index (χ0) is 17.4. The molecule has 0 aliphatic carbocycles. The number of carbonyl (C=O) groups is 1. The highest BCUT2D eigenvalue weighted by molar-refractivity contribution is 7.13. The number of hydrogen-bond acceptors (Lipinski definition) is 5. The van der Waals surface area contributed by atoms with Crippen molar-refractivity contribution in [3.63, 3.8) is 0 Å². The number of ether oxygens (including phenoxy) is 2. The average Bonchev–Trinajstić information content (AvgIpc) is 3.15. The van der Waals surface area contributed by atoms with Gasteiger partial charge in [-0.15, -0.1) is 11.3 Å². The molecule has 1 aliphatic heterocycles. The molecule has 5 nitrogen and oxygen atoms in total. The molecule has 0 fully saturated rings. The number of benzene rings is 2. The number of aromatic nitrogens is 1. The highest BCUT2D eigenvalue weighted by Gasteiger charge is 2.22. The second kappa shape index (κ2) is 6.22. The number of amides is 1. The van der Waals surface area contributed by atoms with E-state index < -0.39 is 0 Å². The van der Waals surface area contributed by atoms with E-state index in [1.807, 2.05) is 47.8 Å². The fraction of sp³-hybridized carbons (Fsp3) is 0.158. The SMILES string of the molecule is COc1ccc(-c2nc(-c3ccc4c(c3)N(C)C(=O)CO4)cs2)cc1. The van der Waals surface area contributed by atoms with Crippen molar-refractivity contribution >= 4 is 22.9 Å². The highest BCUT2D eigenvalue weighted by atomic mass is 32.1. The number of rotatable bonds is 3. The summed E-state index contributed by atoms with van der Waals surface area (Å²) in [6, 6.07) is 13.6. The lowest BCUT2D eigenvalue weighted by atomic mass is 10.1. The van der Waals surface area contributed by atoms with Crippen LogP contribution in [0.25, 0.3) is 21.8 Å². The third-order valence-corrected chi connectivity index (χ3v) is 5.07. The summed E-state index contributed by atoms with van der Waals surface area (Å²) in [6.45, 7) is 0.0845. The number of anilines is 1. The minimum atomic E-state index is -0.0538. The molecule has 2 heterocycles. The number of nitrogens with zero attached hydrogens (tertiary/aromatic N) is 2. The molecule has 0 atom stereocenters. The molecule has 0 saturated carbocycles. The monoisotopic (exact) mass is 352 g/mol. The van der Waals surface area contributed by atoms with Crippen molar-refractivity contribution in [2.24, 2.45) is 0 Å². The molecule has 6 heteroatoms. The van der Waals surface area contributed by atoms with Crippen LogP contribution in [0, 0.1) is 0 Å². The number of methoxy groups -OCH3 is 1. The van der Waals surface area contributed by atoms with Gasteiger partial charge in [0.05, 0.1) is 18.5 Å². The van der Waals surface area contributed by atoms with Crippen LogP contribution in [0.5, 0.6) is 11.5 Å². The Labute approximate surface area is 149 Å². The van der Waals surface area contributed by atoms with Crippen molar-refractivity contribution in [3.8, 4) is 33.3 Å². The molecule has 1 amide bonds. The number of carbonyl (C=O) groups excluding carboxylic acids is 1. The van der Waals surface area contributed by atoms with Gasteiger partial charge in [0.25, 0.3) is 5.91 Å². The third-order valence-electron chi connectivity index (χ3n) is 4.18. The van der Waals surface area contributed by atoms with Gasteiger partial charge in [0.15, 0.2) is 6.61 Å². The predicted octanol–water partition coefficient (Wildman–Crippen LogP) is 3.84. The van der Waals surface area contributed by atoms with Crippen LogP contribution in [-0.2, 0) is 4.79 Å². The van der Waals surface area contributed by atoms with E-state index in [0.717, 1.165) is 39.0 Å². The quantitative estimate of drug-likeness (QED) is 0.719. The molecule has 126 valence electrons. The van der Waals surface area contributed by atoms with Crippen LogP contribution in [0.4, 0.5) is 5.69 Å². The Bertz CT molecular complexity index is 934. The Morgan fingerprint density at radius 2 is 1.92 bits per heavy atom. The Kier molecular flexibility index (Phi) is 3.89. The van der Waals surface area contributed by atoms with Crippen LogP contribution >= 0.6 is 11.3 Å². The van der Waals surface area contributed by atoms with Gasteiger partial charge in [0, 0.05) is 23.6 Å². The smallest absolute Gasteiger partial charge is 0.264 e. The van der Waals surface area contributed by atoms with Crippen LogP contribution in [0.15, 0.2) is 47.8 Å². The Hall–Kier alpha value is -2.86. The summed E-state index contributed by atoms with van der Waals surface area (Å²) in [5.41, 5.74) is 3.66. The van der Waals surface area contributed by atoms with E-state index in [0.29, 0.717) is 0 Å². The maximum atomic E-state index is 11.8. The largest absolute Gasteiger partial charge is 0.497 e. The predicted molar refractivity (Wildman–Crippen MR) is 98.4 cm³/mol. The zero-order valence-electron chi connectivity index (χ0n) is 13.9. The minimum absolute atomic E-state index is 0.0538. The van der Waals surface area contributed by atoms with E-state index in [9.17, 15) is 4.79 Å². The van der Waals surface area contributed by atoms with E-state index >= 15 is 0 Å². The molecule has 0 saturated heterocycles. The fourth-order valence-electron chi connectivity index (χ4n) is 2.70. The summed E-state index contributed by atoms with van der Waals surface area (Å²) < 4.78 is 10.7. The molecular formula is C19H16N2O3S. The Morgan fingerprint density at radius 3 is 2.68 bits per heavy atom. The van der Waals surface area contributed by atoms with Crippen molar-refractivity contribution < 1.29 is 14.3 Å². The lowest BCUT2D eigenvalue weighted by Crippen LogP contribution is -2.35. The summed E-state index contributed by atoms with van der Waals surface area (Å²) in [6.07, 6.45) is 0. The first-order valence-corrected chi connectivity index (χ1v) is 8.67. The van der Waals surface area contributed by atoms with E-state index in [4.69, 9.17) is 14.5 Å². The van der Waals surface area contributed by atoms with Gasteiger partial charge >= 0.3 is 0 Å². The van der Waals surface area contributed by atoms with Gasteiger partial charge in [-0.2, -0.15) is 0 Å². The number of hydrogen-bond donors (Lipinski definition) is 0. The van der Waals surface area contributed by atoms with E-state index in [1.165, 1.54) is 0 Å². The molecule has 0 bridgehead atoms. The molecular weight excluding hydrogens is 336 g/mol. The second-order valence-corrected chi connectivity index (χ2v) is 6.55. The van der Waals surface area contributed by atoms with Crippen molar-refractivity contribution in [3.05, 3.63) is 47.8 Å². The number of likely N-dealkylation sites (N-methyl/N-ethyl adjacent to an activating group) is 1. The molecule has 4 rings (SSSR count). The van der Waals surface area contributed by atoms with Crippen molar-refractivity contribution in [2.45, 2.75) is 0 Å². The minimum Gasteiger partial charge on any atom is -0.497 e. The first-order chi connectivity index (χ1) is 12.2. The standard InChI is InChI=1S/C19H16N2O3S/c1-21-16-9-13(5-8-17(16)24-10-18(21)22)15-11-25-19(20-15)12-3-6-14(23-2)7-4-12/h3-9,11H,10H2,1-2H3. The van der Waals surface area contributed by atoms with E-state index in [-0.39, 0.29) is 12.5 Å². The maximum Gasteiger partial charge on any atom is 0.264 e. The highest BCUT2D eigenvalue weighted by Crippen LogP contribution is 2.36. The van der Waals surface area contributed by atoms with Gasteiger partial charge < -0.3 is 14.4 Å². The summed E-state index contributed by atoms with van der Waals surface area (Å²) in [5.74, 6) is 1.49. The van der Waals surface area contributed by atoms with Crippen LogP contribution in [0.2, 0.25) is 0 Å². The van der Waals surface area contributed by atoms with E-state index in [1.54, 1.807) is 30.4 Å². The number of thiazole rings is 1. The fourth-order valence-corrected chi connectivity index (χ4v) is 3.54. The maximum absolute atomic E-state index is 11.8. The van der Waals surface area contributed by atoms with E-state index in [2.05, 4.69) is 0 Å². The van der Waals surface area contributed by atoms with Crippen molar-refractivity contribution in [2.75, 3.05) is 25.7 Å². The Balaban J connectivity index is 1.67.